The van der Waals surface area contributed by atoms with Crippen LogP contribution in [-0.4, -0.2) is 19.6 Å². The molecule has 0 fully saturated rings. The molecule has 2 aromatic carbocycles. The van der Waals surface area contributed by atoms with Crippen molar-refractivity contribution in [3.8, 4) is 5.75 Å². The predicted octanol–water partition coefficient (Wildman–Crippen LogP) is -1.22. The number of hydrogen-bond donors (Lipinski definition) is 1. The van der Waals surface area contributed by atoms with Crippen molar-refractivity contribution in [2.24, 2.45) is 0 Å². The van der Waals surface area contributed by atoms with Crippen LogP contribution >= 0.6 is 7.60 Å². The van der Waals surface area contributed by atoms with E-state index < -0.39 is 28.8 Å². The number of nitro benzene ring substituents is 1. The fourth-order valence-corrected chi connectivity index (χ4v) is 4.27. The Morgan fingerprint density at radius 1 is 1.12 bits per heavy atom. The maximum absolute atomic E-state index is 12.1. The van der Waals surface area contributed by atoms with Crippen molar-refractivity contribution in [3.63, 3.8) is 0 Å². The van der Waals surface area contributed by atoms with Gasteiger partial charge in [0.25, 0.3) is 5.69 Å². The van der Waals surface area contributed by atoms with Crippen LogP contribution in [0.5, 0.6) is 5.75 Å². The summed E-state index contributed by atoms with van der Waals surface area (Å²) in [6, 6.07) is 10.2. The van der Waals surface area contributed by atoms with Gasteiger partial charge in [-0.1, -0.05) is 17.7 Å². The van der Waals surface area contributed by atoms with Gasteiger partial charge in [0.15, 0.2) is 7.60 Å². The molecule has 134 valence electrons. The summed E-state index contributed by atoms with van der Waals surface area (Å²) < 4.78 is 42.7. The third-order valence-corrected chi connectivity index (χ3v) is 5.74. The Hall–Kier alpha value is -1.26. The van der Waals surface area contributed by atoms with Crippen LogP contribution in [0.4, 0.5) is 5.69 Å². The Balaban J connectivity index is 0.00000338. The number of rotatable bonds is 7. The number of aryl methyl sites for hydroxylation is 1. The van der Waals surface area contributed by atoms with E-state index >= 15 is 0 Å². The number of non-ortho nitro benzene ring substituents is 1. The Kier molecular flexibility index (Phi) is 7.97. The summed E-state index contributed by atoms with van der Waals surface area (Å²) in [4.78, 5) is 21.7. The van der Waals surface area contributed by atoms with Crippen molar-refractivity contribution in [1.82, 2.24) is 4.72 Å². The Morgan fingerprint density at radius 3 is 2.15 bits per heavy atom. The van der Waals surface area contributed by atoms with E-state index in [1.807, 2.05) is 4.72 Å². The first kappa shape index (κ1) is 22.8. The molecule has 0 amide bonds. The van der Waals surface area contributed by atoms with Gasteiger partial charge in [-0.15, -0.1) is 0 Å². The van der Waals surface area contributed by atoms with Gasteiger partial charge in [-0.3, -0.25) is 14.7 Å². The van der Waals surface area contributed by atoms with E-state index in [1.165, 1.54) is 12.1 Å². The maximum atomic E-state index is 12.1. The van der Waals surface area contributed by atoms with E-state index in [2.05, 4.69) is 0 Å². The van der Waals surface area contributed by atoms with E-state index in [-0.39, 0.29) is 45.9 Å². The molecule has 0 saturated heterocycles. The van der Waals surface area contributed by atoms with Gasteiger partial charge in [0.05, 0.1) is 16.1 Å². The summed E-state index contributed by atoms with van der Waals surface area (Å²) in [5, 5.41) is 10.5. The summed E-state index contributed by atoms with van der Waals surface area (Å²) in [6.45, 7) is 1.79. The van der Waals surface area contributed by atoms with E-state index in [9.17, 15) is 28.0 Å². The van der Waals surface area contributed by atoms with Gasteiger partial charge in [-0.25, -0.2) is 13.1 Å². The zero-order chi connectivity index (χ0) is 18.7. The molecule has 2 rings (SSSR count). The standard InChI is InChI=1S/C14H15N2O7PS.Na/c1-11-2-8-14(9-3-11)25(21,22)15-10-24(19,20)23-13-6-4-12(5-7-13)16(17)18;/h2-9,15H,10H2,1H3,(H,19,20);/q;+1/p-1. The SMILES string of the molecule is Cc1ccc(S(=O)(=O)NCP(=O)([O-])Oc2ccc([N+](=O)[O-])cc2)cc1.[Na+]. The summed E-state index contributed by atoms with van der Waals surface area (Å²) in [7, 11) is -8.60. The van der Waals surface area contributed by atoms with Gasteiger partial charge < -0.3 is 9.42 Å². The van der Waals surface area contributed by atoms with Gasteiger partial charge in [-0.2, -0.15) is 0 Å². The summed E-state index contributed by atoms with van der Waals surface area (Å²) in [5.74, 6) is -0.154. The largest absolute Gasteiger partial charge is 1.00 e. The van der Waals surface area contributed by atoms with Gasteiger partial charge in [0, 0.05) is 12.1 Å². The maximum Gasteiger partial charge on any atom is 1.00 e. The first-order valence-corrected chi connectivity index (χ1v) is 10.1. The Bertz CT molecular complexity index is 917. The van der Waals surface area contributed by atoms with Crippen molar-refractivity contribution < 1.29 is 56.9 Å². The van der Waals surface area contributed by atoms with Crippen molar-refractivity contribution in [2.45, 2.75) is 11.8 Å². The molecule has 0 aliphatic carbocycles. The summed E-state index contributed by atoms with van der Waals surface area (Å²) >= 11 is 0. The number of sulfonamides is 1. The number of nitro groups is 1. The molecule has 9 nitrogen and oxygen atoms in total. The van der Waals surface area contributed by atoms with Crippen LogP contribution in [0.25, 0.3) is 0 Å². The van der Waals surface area contributed by atoms with Gasteiger partial charge >= 0.3 is 29.6 Å². The van der Waals surface area contributed by atoms with E-state index in [0.717, 1.165) is 29.8 Å². The predicted molar refractivity (Wildman–Crippen MR) is 87.7 cm³/mol. The average molecular weight is 408 g/mol. The second kappa shape index (κ2) is 9.09. The molecule has 26 heavy (non-hydrogen) atoms. The van der Waals surface area contributed by atoms with Crippen LogP contribution < -0.4 is 43.7 Å². The minimum absolute atomic E-state index is 0. The Labute approximate surface area is 172 Å². The second-order valence-corrected chi connectivity index (χ2v) is 8.56. The quantitative estimate of drug-likeness (QED) is 0.262. The first-order valence-electron chi connectivity index (χ1n) is 6.89. The Morgan fingerprint density at radius 2 is 1.65 bits per heavy atom. The van der Waals surface area contributed by atoms with E-state index in [4.69, 9.17) is 4.52 Å². The zero-order valence-electron chi connectivity index (χ0n) is 14.0. The molecule has 0 radical (unpaired) electrons. The minimum Gasteiger partial charge on any atom is -0.768 e. The van der Waals surface area contributed by atoms with Crippen LogP contribution in [0.1, 0.15) is 5.56 Å². The normalized spacial score (nSPS) is 13.3. The van der Waals surface area contributed by atoms with Gasteiger partial charge in [0.2, 0.25) is 10.0 Å². The van der Waals surface area contributed by atoms with Crippen molar-refractivity contribution in [1.29, 1.82) is 0 Å². The minimum atomic E-state index is -4.59. The van der Waals surface area contributed by atoms with Gasteiger partial charge in [0.1, 0.15) is 5.75 Å². The molecule has 0 spiro atoms. The van der Waals surface area contributed by atoms with Crippen LogP contribution in [0, 0.1) is 17.0 Å². The third-order valence-electron chi connectivity index (χ3n) is 3.07. The molecule has 0 aliphatic rings. The molecule has 1 N–H and O–H groups in total. The average Bonchev–Trinajstić information content (AvgIpc) is 2.54. The molecule has 2 aromatic rings. The number of nitrogens with zero attached hydrogens (tertiary/aromatic N) is 1. The summed E-state index contributed by atoms with van der Waals surface area (Å²) in [5.41, 5.74) is 0.628. The van der Waals surface area contributed by atoms with E-state index in [0.29, 0.717) is 0 Å². The van der Waals surface area contributed by atoms with E-state index in [1.54, 1.807) is 19.1 Å². The van der Waals surface area contributed by atoms with Crippen LogP contribution in [-0.2, 0) is 14.6 Å². The number of nitrogens with one attached hydrogen (secondary N) is 1. The molecule has 0 aliphatic heterocycles. The van der Waals surface area contributed by atoms with Crippen molar-refractivity contribution in [3.05, 3.63) is 64.2 Å². The topological polar surface area (TPSA) is 139 Å². The number of hydrogen-bond acceptors (Lipinski definition) is 7. The monoisotopic (exact) mass is 408 g/mol. The zero-order valence-corrected chi connectivity index (χ0v) is 17.7. The molecule has 1 atom stereocenters. The molecule has 0 saturated carbocycles. The molecule has 0 heterocycles. The van der Waals surface area contributed by atoms with Crippen LogP contribution in [0.15, 0.2) is 53.4 Å². The molecule has 1 unspecified atom stereocenters. The fraction of sp³-hybridized carbons (Fsp3) is 0.143. The summed E-state index contributed by atoms with van der Waals surface area (Å²) in [6.07, 6.45) is -0.958. The second-order valence-electron chi connectivity index (χ2n) is 5.07. The smallest absolute Gasteiger partial charge is 0.768 e. The first-order chi connectivity index (χ1) is 11.6. The third kappa shape index (κ3) is 6.48. The molecular weight excluding hydrogens is 394 g/mol. The number of benzene rings is 2. The van der Waals surface area contributed by atoms with Gasteiger partial charge in [-0.05, 0) is 31.2 Å². The molecular formula is C14H14N2NaO7PS. The fourth-order valence-electron chi connectivity index (χ4n) is 1.79. The van der Waals surface area contributed by atoms with Crippen LogP contribution in [0.3, 0.4) is 0 Å². The molecule has 12 heteroatoms. The molecule has 0 aromatic heterocycles. The molecule has 0 bridgehead atoms. The van der Waals surface area contributed by atoms with Crippen LogP contribution in [0.2, 0.25) is 0 Å². The van der Waals surface area contributed by atoms with Crippen molar-refractivity contribution in [2.75, 3.05) is 6.29 Å². The van der Waals surface area contributed by atoms with Crippen molar-refractivity contribution >= 4 is 23.3 Å².